The third-order valence-corrected chi connectivity index (χ3v) is 3.32. The SMILES string of the molecule is NC(=O)C(O)CNS(=O)(=O)c1c[nH]ccc1=O. The summed E-state index contributed by atoms with van der Waals surface area (Å²) < 4.78 is 25.1. The van der Waals surface area contributed by atoms with Crippen LogP contribution in [-0.4, -0.2) is 37.1 Å². The van der Waals surface area contributed by atoms with Crippen LogP contribution >= 0.6 is 0 Å². The molecular formula is C8H11N3O5S. The minimum Gasteiger partial charge on any atom is -0.382 e. The Morgan fingerprint density at radius 3 is 2.76 bits per heavy atom. The van der Waals surface area contributed by atoms with Crippen molar-refractivity contribution in [1.29, 1.82) is 0 Å². The molecule has 0 spiro atoms. The predicted octanol–water partition coefficient (Wildman–Crippen LogP) is -2.50. The number of nitrogens with two attached hydrogens (primary N) is 1. The largest absolute Gasteiger partial charge is 0.382 e. The molecule has 0 saturated carbocycles. The molecule has 1 atom stereocenters. The summed E-state index contributed by atoms with van der Waals surface area (Å²) in [5, 5.41) is 9.02. The van der Waals surface area contributed by atoms with Crippen LogP contribution in [0.3, 0.4) is 0 Å². The lowest BCUT2D eigenvalue weighted by Crippen LogP contribution is -2.40. The molecule has 5 N–H and O–H groups in total. The molecule has 94 valence electrons. The van der Waals surface area contributed by atoms with Crippen molar-refractivity contribution in [3.05, 3.63) is 28.7 Å². The van der Waals surface area contributed by atoms with Crippen molar-refractivity contribution in [3.63, 3.8) is 0 Å². The number of pyridine rings is 1. The number of hydrogen-bond donors (Lipinski definition) is 4. The number of nitrogens with one attached hydrogen (secondary N) is 2. The van der Waals surface area contributed by atoms with E-state index in [0.29, 0.717) is 0 Å². The smallest absolute Gasteiger partial charge is 0.247 e. The second-order valence-electron chi connectivity index (χ2n) is 3.14. The summed E-state index contributed by atoms with van der Waals surface area (Å²) in [4.78, 5) is 23.7. The highest BCUT2D eigenvalue weighted by atomic mass is 32.2. The second-order valence-corrected chi connectivity index (χ2v) is 4.88. The van der Waals surface area contributed by atoms with Crippen molar-refractivity contribution < 1.29 is 18.3 Å². The van der Waals surface area contributed by atoms with Gasteiger partial charge in [0.15, 0.2) is 0 Å². The van der Waals surface area contributed by atoms with Crippen LogP contribution in [0.5, 0.6) is 0 Å². The molecule has 1 aromatic rings. The molecule has 0 saturated heterocycles. The molecule has 0 aromatic carbocycles. The Morgan fingerprint density at radius 2 is 2.24 bits per heavy atom. The van der Waals surface area contributed by atoms with Gasteiger partial charge in [-0.3, -0.25) is 9.59 Å². The summed E-state index contributed by atoms with van der Waals surface area (Å²) in [6.07, 6.45) is 0.633. The maximum absolute atomic E-state index is 11.6. The van der Waals surface area contributed by atoms with Crippen LogP contribution in [0.1, 0.15) is 0 Å². The van der Waals surface area contributed by atoms with E-state index >= 15 is 0 Å². The predicted molar refractivity (Wildman–Crippen MR) is 57.5 cm³/mol. The molecule has 1 unspecified atom stereocenters. The van der Waals surface area contributed by atoms with Gasteiger partial charge in [-0.2, -0.15) is 0 Å². The van der Waals surface area contributed by atoms with Crippen LogP contribution < -0.4 is 15.9 Å². The maximum atomic E-state index is 11.6. The number of aliphatic hydroxyl groups excluding tert-OH is 1. The number of aromatic amines is 1. The molecule has 0 bridgehead atoms. The molecule has 0 fully saturated rings. The van der Waals surface area contributed by atoms with Gasteiger partial charge < -0.3 is 15.8 Å². The highest BCUT2D eigenvalue weighted by Crippen LogP contribution is 1.99. The quantitative estimate of drug-likeness (QED) is 0.463. The number of rotatable bonds is 5. The zero-order valence-electron chi connectivity index (χ0n) is 8.58. The van der Waals surface area contributed by atoms with Crippen LogP contribution in [-0.2, 0) is 14.8 Å². The van der Waals surface area contributed by atoms with E-state index in [2.05, 4.69) is 4.98 Å². The molecule has 17 heavy (non-hydrogen) atoms. The van der Waals surface area contributed by atoms with E-state index in [1.165, 1.54) is 6.20 Å². The van der Waals surface area contributed by atoms with E-state index in [4.69, 9.17) is 10.8 Å². The first kappa shape index (κ1) is 13.4. The normalized spacial score (nSPS) is 13.2. The number of aliphatic hydroxyl groups is 1. The summed E-state index contributed by atoms with van der Waals surface area (Å²) in [6, 6.07) is 1.04. The van der Waals surface area contributed by atoms with E-state index in [1.807, 2.05) is 4.72 Å². The minimum absolute atomic E-state index is 0.503. The van der Waals surface area contributed by atoms with Gasteiger partial charge in [-0.25, -0.2) is 13.1 Å². The van der Waals surface area contributed by atoms with Crippen LogP contribution in [0, 0.1) is 0 Å². The summed E-state index contributed by atoms with van der Waals surface area (Å²) >= 11 is 0. The van der Waals surface area contributed by atoms with Crippen molar-refractivity contribution in [2.24, 2.45) is 5.73 Å². The number of hydrogen-bond acceptors (Lipinski definition) is 5. The zero-order chi connectivity index (χ0) is 13.1. The fourth-order valence-corrected chi connectivity index (χ4v) is 2.07. The van der Waals surface area contributed by atoms with Crippen molar-refractivity contribution in [2.75, 3.05) is 6.54 Å². The van der Waals surface area contributed by atoms with Gasteiger partial charge in [0.25, 0.3) is 0 Å². The van der Waals surface area contributed by atoms with E-state index in [9.17, 15) is 18.0 Å². The van der Waals surface area contributed by atoms with Crippen molar-refractivity contribution in [2.45, 2.75) is 11.0 Å². The lowest BCUT2D eigenvalue weighted by atomic mass is 10.3. The molecule has 0 aliphatic carbocycles. The number of H-pyrrole nitrogens is 1. The molecule has 0 radical (unpaired) electrons. The van der Waals surface area contributed by atoms with Gasteiger partial charge in [-0.1, -0.05) is 0 Å². The molecular weight excluding hydrogens is 250 g/mol. The Kier molecular flexibility index (Phi) is 3.99. The van der Waals surface area contributed by atoms with Crippen molar-refractivity contribution in [3.8, 4) is 0 Å². The average Bonchev–Trinajstić information content (AvgIpc) is 2.26. The number of sulfonamides is 1. The Labute approximate surface area is 96.5 Å². The number of primary amides is 1. The van der Waals surface area contributed by atoms with E-state index < -0.39 is 38.9 Å². The Hall–Kier alpha value is -1.71. The monoisotopic (exact) mass is 261 g/mol. The molecule has 0 aliphatic rings. The van der Waals surface area contributed by atoms with Gasteiger partial charge >= 0.3 is 0 Å². The summed E-state index contributed by atoms with van der Waals surface area (Å²) in [6.45, 7) is -0.591. The topological polar surface area (TPSA) is 142 Å². The summed E-state index contributed by atoms with van der Waals surface area (Å²) in [5.41, 5.74) is 4.04. The molecule has 8 nitrogen and oxygen atoms in total. The Balaban J connectivity index is 2.88. The maximum Gasteiger partial charge on any atom is 0.247 e. The molecule has 9 heteroatoms. The second kappa shape index (κ2) is 5.08. The molecule has 1 rings (SSSR count). The molecule has 1 heterocycles. The van der Waals surface area contributed by atoms with Crippen LogP contribution in [0.15, 0.2) is 28.2 Å². The zero-order valence-corrected chi connectivity index (χ0v) is 9.40. The van der Waals surface area contributed by atoms with Crippen LogP contribution in [0.4, 0.5) is 0 Å². The Morgan fingerprint density at radius 1 is 1.59 bits per heavy atom. The number of carbonyl (C=O) groups excluding carboxylic acids is 1. The van der Waals surface area contributed by atoms with Crippen molar-refractivity contribution >= 4 is 15.9 Å². The summed E-state index contributed by atoms with van der Waals surface area (Å²) in [5.74, 6) is -1.06. The van der Waals surface area contributed by atoms with Crippen LogP contribution in [0.25, 0.3) is 0 Å². The van der Waals surface area contributed by atoms with E-state index in [-0.39, 0.29) is 0 Å². The average molecular weight is 261 g/mol. The van der Waals surface area contributed by atoms with Crippen LogP contribution in [0.2, 0.25) is 0 Å². The van der Waals surface area contributed by atoms with Gasteiger partial charge in [0, 0.05) is 25.0 Å². The Bertz CT molecular complexity index is 565. The fraction of sp³-hybridized carbons (Fsp3) is 0.250. The summed E-state index contributed by atoms with van der Waals surface area (Å²) in [7, 11) is -4.08. The lowest BCUT2D eigenvalue weighted by Gasteiger charge is -2.08. The lowest BCUT2D eigenvalue weighted by molar-refractivity contribution is -0.125. The molecule has 1 aromatic heterocycles. The highest BCUT2D eigenvalue weighted by Gasteiger charge is 2.20. The van der Waals surface area contributed by atoms with Gasteiger partial charge in [-0.15, -0.1) is 0 Å². The highest BCUT2D eigenvalue weighted by molar-refractivity contribution is 7.89. The number of aromatic nitrogens is 1. The van der Waals surface area contributed by atoms with Crippen molar-refractivity contribution in [1.82, 2.24) is 9.71 Å². The number of carbonyl (C=O) groups is 1. The molecule has 0 aliphatic heterocycles. The third kappa shape index (κ3) is 3.37. The first-order valence-corrected chi connectivity index (χ1v) is 5.97. The van der Waals surface area contributed by atoms with E-state index in [1.54, 1.807) is 0 Å². The molecule has 1 amide bonds. The standard InChI is InChI=1S/C8H11N3O5S/c9-8(14)6(13)3-11-17(15,16)7-4-10-2-1-5(7)12/h1-2,4,6,11,13H,3H2,(H2,9,14)(H,10,12). The first-order valence-electron chi connectivity index (χ1n) is 4.49. The first-order chi connectivity index (χ1) is 7.84. The van der Waals surface area contributed by atoms with E-state index in [0.717, 1.165) is 12.3 Å². The van der Waals surface area contributed by atoms with Gasteiger partial charge in [0.2, 0.25) is 21.4 Å². The fourth-order valence-electron chi connectivity index (χ4n) is 0.978. The number of amides is 1. The third-order valence-electron chi connectivity index (χ3n) is 1.87. The van der Waals surface area contributed by atoms with Gasteiger partial charge in [-0.05, 0) is 0 Å². The van der Waals surface area contributed by atoms with Gasteiger partial charge in [0.05, 0.1) is 0 Å². The van der Waals surface area contributed by atoms with Gasteiger partial charge in [0.1, 0.15) is 11.0 Å². The minimum atomic E-state index is -4.08.